The van der Waals surface area contributed by atoms with E-state index in [4.69, 9.17) is 12.1 Å². The van der Waals surface area contributed by atoms with E-state index in [9.17, 15) is 0 Å². The first-order valence-corrected chi connectivity index (χ1v) is 12.5. The van der Waals surface area contributed by atoms with E-state index in [0.717, 1.165) is 15.8 Å². The minimum atomic E-state index is -2.91. The third kappa shape index (κ3) is 2.29. The molecule has 0 bridgehead atoms. The van der Waals surface area contributed by atoms with E-state index in [1.807, 2.05) is 36.4 Å². The minimum absolute atomic E-state index is 0.873. The van der Waals surface area contributed by atoms with Crippen molar-refractivity contribution in [2.45, 2.75) is 4.47 Å². The van der Waals surface area contributed by atoms with E-state index >= 15 is 0 Å². The molecule has 1 aliphatic rings. The van der Waals surface area contributed by atoms with E-state index in [0.29, 0.717) is 0 Å². The van der Waals surface area contributed by atoms with Gasteiger partial charge < -0.3 is 0 Å². The SMILES string of the molecule is Cl[Te]1(c2ccccc2)CC=C(c2ccccc2)O1. The molecule has 0 radical (unpaired) electrons. The van der Waals surface area contributed by atoms with E-state index in [1.165, 1.54) is 3.61 Å². The van der Waals surface area contributed by atoms with Gasteiger partial charge in [0, 0.05) is 0 Å². The molecule has 0 spiro atoms. The van der Waals surface area contributed by atoms with Crippen LogP contribution < -0.4 is 3.61 Å². The van der Waals surface area contributed by atoms with Gasteiger partial charge in [0.25, 0.3) is 0 Å². The average Bonchev–Trinajstić information content (AvgIpc) is 2.85. The standard InChI is InChI=1S/C15H13ClOTe/c16-18(14-9-5-2-6-10-14)12-11-15(17-18)13-7-3-1-4-8-13/h1-11H,12H2. The molecule has 2 aromatic rings. The first-order valence-electron chi connectivity index (χ1n) is 5.79. The van der Waals surface area contributed by atoms with Crippen molar-refractivity contribution in [3.05, 3.63) is 72.3 Å². The third-order valence-corrected chi connectivity index (χ3v) is 11.1. The summed E-state index contributed by atoms with van der Waals surface area (Å²) in [7, 11) is 6.76. The Morgan fingerprint density at radius 2 is 1.50 bits per heavy atom. The Balaban J connectivity index is 1.86. The van der Waals surface area contributed by atoms with Crippen molar-refractivity contribution >= 4 is 35.8 Å². The summed E-state index contributed by atoms with van der Waals surface area (Å²) in [6.45, 7) is 0. The Bertz CT molecular complexity index is 568. The van der Waals surface area contributed by atoms with E-state index < -0.39 is 17.5 Å². The molecular formula is C15H13ClOTe. The summed E-state index contributed by atoms with van der Waals surface area (Å²) in [6, 6.07) is 20.4. The quantitative estimate of drug-likeness (QED) is 0.732. The summed E-state index contributed by atoms with van der Waals surface area (Å²) in [4.78, 5) is 0. The summed E-state index contributed by atoms with van der Waals surface area (Å²) in [6.07, 6.45) is 2.14. The number of rotatable bonds is 2. The monoisotopic (exact) mass is 374 g/mol. The molecule has 18 heavy (non-hydrogen) atoms. The molecule has 0 aromatic heterocycles. The number of hydrogen-bond donors (Lipinski definition) is 0. The fourth-order valence-corrected chi connectivity index (χ4v) is 8.45. The van der Waals surface area contributed by atoms with Crippen LogP contribution in [0.5, 0.6) is 0 Å². The summed E-state index contributed by atoms with van der Waals surface area (Å²) in [5, 5.41) is 0. The van der Waals surface area contributed by atoms with Gasteiger partial charge in [-0.15, -0.1) is 0 Å². The van der Waals surface area contributed by atoms with Gasteiger partial charge in [0.05, 0.1) is 0 Å². The molecular weight excluding hydrogens is 359 g/mol. The van der Waals surface area contributed by atoms with Crippen LogP contribution in [0.2, 0.25) is 4.47 Å². The molecule has 2 aromatic carbocycles. The Kier molecular flexibility index (Phi) is 3.35. The zero-order chi connectivity index (χ0) is 12.4. The maximum absolute atomic E-state index is 6.76. The molecule has 3 rings (SSSR count). The zero-order valence-corrected chi connectivity index (χ0v) is 12.8. The van der Waals surface area contributed by atoms with Crippen LogP contribution in [0.15, 0.2) is 66.7 Å². The molecule has 0 saturated carbocycles. The molecule has 0 amide bonds. The summed E-state index contributed by atoms with van der Waals surface area (Å²) >= 11 is -2.91. The first kappa shape index (κ1) is 12.1. The van der Waals surface area contributed by atoms with Gasteiger partial charge in [-0.1, -0.05) is 0 Å². The van der Waals surface area contributed by atoms with Gasteiger partial charge in [-0.25, -0.2) is 0 Å². The molecule has 1 unspecified atom stereocenters. The topological polar surface area (TPSA) is 9.23 Å². The van der Waals surface area contributed by atoms with Crippen LogP contribution in [-0.4, -0.2) is 17.5 Å². The number of hydrogen-bond acceptors (Lipinski definition) is 1. The maximum atomic E-state index is 6.76. The molecule has 92 valence electrons. The number of halogens is 1. The van der Waals surface area contributed by atoms with Gasteiger partial charge in [0.2, 0.25) is 0 Å². The number of allylic oxidation sites excluding steroid dienone is 1. The first-order chi connectivity index (χ1) is 8.78. The summed E-state index contributed by atoms with van der Waals surface area (Å²) < 4.78 is 8.20. The van der Waals surface area contributed by atoms with Gasteiger partial charge >= 0.3 is 116 Å². The molecule has 1 aliphatic heterocycles. The average molecular weight is 372 g/mol. The molecule has 1 heterocycles. The molecule has 0 aliphatic carbocycles. The Morgan fingerprint density at radius 1 is 0.889 bits per heavy atom. The van der Waals surface area contributed by atoms with Crippen molar-refractivity contribution in [2.24, 2.45) is 0 Å². The van der Waals surface area contributed by atoms with Gasteiger partial charge in [-0.3, -0.25) is 0 Å². The van der Waals surface area contributed by atoms with Gasteiger partial charge in [0.1, 0.15) is 0 Å². The predicted octanol–water partition coefficient (Wildman–Crippen LogP) is 3.65. The van der Waals surface area contributed by atoms with Crippen LogP contribution in [0.4, 0.5) is 0 Å². The van der Waals surface area contributed by atoms with Crippen molar-refractivity contribution in [3.8, 4) is 0 Å². The van der Waals surface area contributed by atoms with Crippen molar-refractivity contribution < 1.29 is 3.10 Å². The van der Waals surface area contributed by atoms with Crippen molar-refractivity contribution in [1.82, 2.24) is 0 Å². The predicted molar refractivity (Wildman–Crippen MR) is 78.0 cm³/mol. The Hall–Kier alpha value is -0.940. The van der Waals surface area contributed by atoms with Crippen LogP contribution in [-0.2, 0) is 3.10 Å². The summed E-state index contributed by atoms with van der Waals surface area (Å²) in [5.41, 5.74) is 1.11. The van der Waals surface area contributed by atoms with E-state index in [-0.39, 0.29) is 0 Å². The second-order valence-corrected chi connectivity index (χ2v) is 13.6. The fourth-order valence-electron chi connectivity index (χ4n) is 1.93. The van der Waals surface area contributed by atoms with Crippen LogP contribution in [0.1, 0.15) is 5.56 Å². The second kappa shape index (κ2) is 4.97. The zero-order valence-electron chi connectivity index (χ0n) is 9.75. The van der Waals surface area contributed by atoms with Crippen LogP contribution in [0, 0.1) is 0 Å². The molecule has 0 N–H and O–H groups in total. The van der Waals surface area contributed by atoms with E-state index in [1.54, 1.807) is 0 Å². The van der Waals surface area contributed by atoms with Gasteiger partial charge in [0.15, 0.2) is 0 Å². The molecule has 3 heteroatoms. The van der Waals surface area contributed by atoms with Crippen LogP contribution >= 0.6 is 8.96 Å². The third-order valence-electron chi connectivity index (χ3n) is 2.86. The van der Waals surface area contributed by atoms with Gasteiger partial charge in [-0.05, 0) is 0 Å². The van der Waals surface area contributed by atoms with Crippen molar-refractivity contribution in [2.75, 3.05) is 0 Å². The normalized spacial score (nSPS) is 25.9. The molecule has 1 nitrogen and oxygen atoms in total. The fraction of sp³-hybridized carbons (Fsp3) is 0.0667. The second-order valence-electron chi connectivity index (χ2n) is 4.09. The summed E-state index contributed by atoms with van der Waals surface area (Å²) in [5.74, 6) is 0.940. The molecule has 1 atom stereocenters. The Labute approximate surface area is 115 Å². The number of benzene rings is 2. The molecule has 0 fully saturated rings. The van der Waals surface area contributed by atoms with Crippen molar-refractivity contribution in [1.29, 1.82) is 0 Å². The van der Waals surface area contributed by atoms with Crippen LogP contribution in [0.25, 0.3) is 5.76 Å². The van der Waals surface area contributed by atoms with Gasteiger partial charge in [-0.2, -0.15) is 0 Å². The van der Waals surface area contributed by atoms with Crippen LogP contribution in [0.3, 0.4) is 0 Å². The van der Waals surface area contributed by atoms with Crippen molar-refractivity contribution in [3.63, 3.8) is 0 Å². The molecule has 0 saturated heterocycles. The Morgan fingerprint density at radius 3 is 2.17 bits per heavy atom. The van der Waals surface area contributed by atoms with E-state index in [2.05, 4.69) is 30.3 Å².